The van der Waals surface area contributed by atoms with Crippen LogP contribution in [0.3, 0.4) is 0 Å². The highest BCUT2D eigenvalue weighted by Gasteiger charge is 2.27. The average Bonchev–Trinajstić information content (AvgIpc) is 2.40. The molecule has 1 aromatic rings. The van der Waals surface area contributed by atoms with Crippen LogP contribution in [0.15, 0.2) is 24.3 Å². The predicted octanol–water partition coefficient (Wildman–Crippen LogP) is 2.57. The van der Waals surface area contributed by atoms with Crippen molar-refractivity contribution >= 4 is 18.3 Å². The number of nitrogens with two attached hydrogens (primary N) is 1. The minimum Gasteiger partial charge on any atom is -0.354 e. The standard InChI is InChI=1S/C15H21FN2O.ClH/c16-13-7-3-2-6-12(13)10-14(19)18-11-15(17)8-4-1-5-9-15;/h2-3,6-7H,1,4-5,8-11,17H2,(H,18,19);1H. The van der Waals surface area contributed by atoms with E-state index in [-0.39, 0.29) is 36.1 Å². The first-order chi connectivity index (χ1) is 9.09. The molecule has 1 amide bonds. The Bertz CT molecular complexity index is 447. The summed E-state index contributed by atoms with van der Waals surface area (Å²) >= 11 is 0. The van der Waals surface area contributed by atoms with E-state index in [2.05, 4.69) is 5.32 Å². The van der Waals surface area contributed by atoms with Gasteiger partial charge < -0.3 is 11.1 Å². The van der Waals surface area contributed by atoms with Gasteiger partial charge in [0.1, 0.15) is 5.82 Å². The van der Waals surface area contributed by atoms with Gasteiger partial charge >= 0.3 is 0 Å². The fraction of sp³-hybridized carbons (Fsp3) is 0.533. The Morgan fingerprint density at radius 1 is 1.25 bits per heavy atom. The molecule has 0 radical (unpaired) electrons. The molecular formula is C15H22ClFN2O. The van der Waals surface area contributed by atoms with Crippen molar-refractivity contribution in [2.24, 2.45) is 5.73 Å². The summed E-state index contributed by atoms with van der Waals surface area (Å²) in [6.07, 6.45) is 5.45. The summed E-state index contributed by atoms with van der Waals surface area (Å²) in [5, 5.41) is 2.84. The van der Waals surface area contributed by atoms with E-state index >= 15 is 0 Å². The van der Waals surface area contributed by atoms with Crippen molar-refractivity contribution in [1.82, 2.24) is 5.32 Å². The third-order valence-corrected chi connectivity index (χ3v) is 3.80. The molecule has 0 atom stereocenters. The lowest BCUT2D eigenvalue weighted by molar-refractivity contribution is -0.120. The minimum atomic E-state index is -0.335. The fourth-order valence-corrected chi connectivity index (χ4v) is 2.58. The number of halogens is 2. The van der Waals surface area contributed by atoms with Gasteiger partial charge in [0.25, 0.3) is 0 Å². The van der Waals surface area contributed by atoms with E-state index < -0.39 is 0 Å². The van der Waals surface area contributed by atoms with Crippen LogP contribution in [0.4, 0.5) is 4.39 Å². The molecule has 112 valence electrons. The van der Waals surface area contributed by atoms with Crippen LogP contribution in [-0.4, -0.2) is 18.0 Å². The Labute approximate surface area is 125 Å². The number of hydrogen-bond donors (Lipinski definition) is 2. The molecule has 0 unspecified atom stereocenters. The summed E-state index contributed by atoms with van der Waals surface area (Å²) < 4.78 is 13.4. The maximum atomic E-state index is 13.4. The second-order valence-corrected chi connectivity index (χ2v) is 5.47. The minimum absolute atomic E-state index is 0. The summed E-state index contributed by atoms with van der Waals surface area (Å²) in [4.78, 5) is 11.8. The molecule has 1 aliphatic rings. The lowest BCUT2D eigenvalue weighted by Crippen LogP contribution is -2.51. The summed E-state index contributed by atoms with van der Waals surface area (Å²) in [5.74, 6) is -0.502. The Morgan fingerprint density at radius 3 is 2.55 bits per heavy atom. The van der Waals surface area contributed by atoms with Gasteiger partial charge in [0.15, 0.2) is 0 Å². The molecule has 1 aromatic carbocycles. The van der Waals surface area contributed by atoms with Crippen LogP contribution in [0, 0.1) is 5.82 Å². The second kappa shape index (κ2) is 7.60. The van der Waals surface area contributed by atoms with Crippen molar-refractivity contribution < 1.29 is 9.18 Å². The largest absolute Gasteiger partial charge is 0.354 e. The Balaban J connectivity index is 0.00000200. The van der Waals surface area contributed by atoms with Gasteiger partial charge in [-0.2, -0.15) is 0 Å². The van der Waals surface area contributed by atoms with Crippen LogP contribution in [-0.2, 0) is 11.2 Å². The first kappa shape index (κ1) is 16.9. The van der Waals surface area contributed by atoms with Crippen LogP contribution in [0.1, 0.15) is 37.7 Å². The topological polar surface area (TPSA) is 55.1 Å². The molecule has 2 rings (SSSR count). The second-order valence-electron chi connectivity index (χ2n) is 5.47. The predicted molar refractivity (Wildman–Crippen MR) is 80.4 cm³/mol. The molecule has 0 aromatic heterocycles. The number of benzene rings is 1. The SMILES string of the molecule is Cl.NC1(CNC(=O)Cc2ccccc2F)CCCCC1. The van der Waals surface area contributed by atoms with E-state index in [4.69, 9.17) is 5.73 Å². The Hall–Kier alpha value is -1.13. The van der Waals surface area contributed by atoms with Gasteiger partial charge in [-0.3, -0.25) is 4.79 Å². The van der Waals surface area contributed by atoms with E-state index in [1.54, 1.807) is 18.2 Å². The highest BCUT2D eigenvalue weighted by Crippen LogP contribution is 2.25. The van der Waals surface area contributed by atoms with Crippen LogP contribution < -0.4 is 11.1 Å². The Morgan fingerprint density at radius 2 is 1.90 bits per heavy atom. The van der Waals surface area contributed by atoms with Crippen LogP contribution in [0.25, 0.3) is 0 Å². The molecule has 0 aliphatic heterocycles. The van der Waals surface area contributed by atoms with Gasteiger partial charge in [-0.05, 0) is 24.5 Å². The quantitative estimate of drug-likeness (QED) is 0.898. The molecule has 5 heteroatoms. The maximum Gasteiger partial charge on any atom is 0.224 e. The van der Waals surface area contributed by atoms with Crippen LogP contribution in [0.5, 0.6) is 0 Å². The molecule has 3 N–H and O–H groups in total. The summed E-state index contributed by atoms with van der Waals surface area (Å²) in [6.45, 7) is 0.486. The van der Waals surface area contributed by atoms with Gasteiger partial charge in [0, 0.05) is 12.1 Å². The maximum absolute atomic E-state index is 13.4. The molecule has 3 nitrogen and oxygen atoms in total. The van der Waals surface area contributed by atoms with Crippen molar-refractivity contribution in [3.63, 3.8) is 0 Å². The number of carbonyl (C=O) groups excluding carboxylic acids is 1. The molecule has 0 bridgehead atoms. The molecule has 0 saturated heterocycles. The molecular weight excluding hydrogens is 279 g/mol. The third kappa shape index (κ3) is 4.76. The Kier molecular flexibility index (Phi) is 6.43. The zero-order chi connectivity index (χ0) is 13.7. The van der Waals surface area contributed by atoms with E-state index in [1.807, 2.05) is 0 Å². The fourth-order valence-electron chi connectivity index (χ4n) is 2.58. The number of hydrogen-bond acceptors (Lipinski definition) is 2. The molecule has 1 saturated carbocycles. The smallest absolute Gasteiger partial charge is 0.224 e. The monoisotopic (exact) mass is 300 g/mol. The van der Waals surface area contributed by atoms with Gasteiger partial charge in [-0.25, -0.2) is 4.39 Å². The zero-order valence-electron chi connectivity index (χ0n) is 11.5. The lowest BCUT2D eigenvalue weighted by Gasteiger charge is -2.33. The lowest BCUT2D eigenvalue weighted by atomic mass is 9.82. The van der Waals surface area contributed by atoms with Gasteiger partial charge in [0.05, 0.1) is 6.42 Å². The van der Waals surface area contributed by atoms with Gasteiger partial charge in [0.2, 0.25) is 5.91 Å². The number of nitrogens with one attached hydrogen (secondary N) is 1. The van der Waals surface area contributed by atoms with E-state index in [9.17, 15) is 9.18 Å². The van der Waals surface area contributed by atoms with Crippen LogP contribution in [0.2, 0.25) is 0 Å². The van der Waals surface area contributed by atoms with Crippen molar-refractivity contribution in [1.29, 1.82) is 0 Å². The number of carbonyl (C=O) groups is 1. The molecule has 1 fully saturated rings. The van der Waals surface area contributed by atoms with Crippen molar-refractivity contribution in [2.75, 3.05) is 6.54 Å². The van der Waals surface area contributed by atoms with E-state index in [1.165, 1.54) is 12.5 Å². The summed E-state index contributed by atoms with van der Waals surface area (Å²) in [7, 11) is 0. The van der Waals surface area contributed by atoms with Crippen molar-refractivity contribution in [2.45, 2.75) is 44.1 Å². The zero-order valence-corrected chi connectivity index (χ0v) is 12.3. The van der Waals surface area contributed by atoms with Crippen molar-refractivity contribution in [3.05, 3.63) is 35.6 Å². The van der Waals surface area contributed by atoms with Gasteiger partial charge in [-0.1, -0.05) is 37.5 Å². The third-order valence-electron chi connectivity index (χ3n) is 3.80. The molecule has 0 heterocycles. The normalized spacial score (nSPS) is 17.1. The first-order valence-electron chi connectivity index (χ1n) is 6.88. The van der Waals surface area contributed by atoms with Gasteiger partial charge in [-0.15, -0.1) is 12.4 Å². The van der Waals surface area contributed by atoms with E-state index in [0.29, 0.717) is 12.1 Å². The van der Waals surface area contributed by atoms with E-state index in [0.717, 1.165) is 25.7 Å². The van der Waals surface area contributed by atoms with Crippen molar-refractivity contribution in [3.8, 4) is 0 Å². The molecule has 20 heavy (non-hydrogen) atoms. The molecule has 1 aliphatic carbocycles. The highest BCUT2D eigenvalue weighted by molar-refractivity contribution is 5.85. The summed E-state index contributed by atoms with van der Waals surface area (Å²) in [6, 6.07) is 6.35. The average molecular weight is 301 g/mol. The van der Waals surface area contributed by atoms with Crippen LogP contribution >= 0.6 is 12.4 Å². The number of rotatable bonds is 4. The molecule has 0 spiro atoms. The highest BCUT2D eigenvalue weighted by atomic mass is 35.5. The summed E-state index contributed by atoms with van der Waals surface area (Å²) in [5.41, 5.74) is 6.39. The number of amides is 1. The first-order valence-corrected chi connectivity index (χ1v) is 6.88.